The summed E-state index contributed by atoms with van der Waals surface area (Å²) in [6, 6.07) is 8.29. The number of carbonyl (C=O) groups is 1. The number of fused-ring (bicyclic) bond motifs is 1. The first-order valence-electron chi connectivity index (χ1n) is 5.67. The SMILES string of the molecule is O=C(O)C1CSC(c2nc3ccccc3cc2O)=N1. The minimum absolute atomic E-state index is 0.0241. The topological polar surface area (TPSA) is 82.8 Å². The third-order valence-corrected chi connectivity index (χ3v) is 3.90. The molecule has 0 fully saturated rings. The molecule has 2 heterocycles. The Kier molecular flexibility index (Phi) is 2.87. The molecule has 6 heteroatoms. The lowest BCUT2D eigenvalue weighted by Gasteiger charge is -2.04. The van der Waals surface area contributed by atoms with Crippen LogP contribution in [0, 0.1) is 0 Å². The molecule has 3 rings (SSSR count). The van der Waals surface area contributed by atoms with Crippen LogP contribution < -0.4 is 0 Å². The van der Waals surface area contributed by atoms with Gasteiger partial charge in [-0.15, -0.1) is 11.8 Å². The second-order valence-corrected chi connectivity index (χ2v) is 5.16. The fraction of sp³-hybridized carbons (Fsp3) is 0.154. The summed E-state index contributed by atoms with van der Waals surface area (Å²) in [7, 11) is 0. The van der Waals surface area contributed by atoms with Crippen molar-refractivity contribution < 1.29 is 15.0 Å². The molecule has 0 saturated heterocycles. The third kappa shape index (κ3) is 2.15. The van der Waals surface area contributed by atoms with Crippen LogP contribution in [0.1, 0.15) is 5.69 Å². The maximum absolute atomic E-state index is 10.9. The second-order valence-electron chi connectivity index (χ2n) is 4.15. The van der Waals surface area contributed by atoms with E-state index in [9.17, 15) is 9.90 Å². The van der Waals surface area contributed by atoms with Crippen molar-refractivity contribution in [2.75, 3.05) is 5.75 Å². The Labute approximate surface area is 113 Å². The van der Waals surface area contributed by atoms with E-state index in [1.165, 1.54) is 11.8 Å². The molecule has 0 saturated carbocycles. The highest BCUT2D eigenvalue weighted by atomic mass is 32.2. The quantitative estimate of drug-likeness (QED) is 0.873. The number of carboxylic acids is 1. The van der Waals surface area contributed by atoms with Gasteiger partial charge in [-0.3, -0.25) is 4.99 Å². The molecule has 2 aromatic rings. The summed E-state index contributed by atoms with van der Waals surface area (Å²) in [5.41, 5.74) is 1.10. The lowest BCUT2D eigenvalue weighted by atomic mass is 10.2. The number of hydrogen-bond acceptors (Lipinski definition) is 5. The van der Waals surface area contributed by atoms with Gasteiger partial charge in [0.1, 0.15) is 16.5 Å². The zero-order chi connectivity index (χ0) is 13.4. The van der Waals surface area contributed by atoms with Crippen LogP contribution in [-0.2, 0) is 4.79 Å². The Morgan fingerprint density at radius 3 is 2.89 bits per heavy atom. The van der Waals surface area contributed by atoms with Gasteiger partial charge in [0.25, 0.3) is 0 Å². The summed E-state index contributed by atoms with van der Waals surface area (Å²) in [5.74, 6) is -0.558. The van der Waals surface area contributed by atoms with Gasteiger partial charge >= 0.3 is 5.97 Å². The Hall–Kier alpha value is -2.08. The molecule has 1 aromatic heterocycles. The summed E-state index contributed by atoms with van der Waals surface area (Å²) >= 11 is 1.30. The van der Waals surface area contributed by atoms with Crippen LogP contribution in [0.15, 0.2) is 35.3 Å². The molecular formula is C13H10N2O3S. The molecule has 1 atom stereocenters. The molecule has 5 nitrogen and oxygen atoms in total. The molecular weight excluding hydrogens is 264 g/mol. The van der Waals surface area contributed by atoms with Crippen LogP contribution >= 0.6 is 11.8 Å². The molecule has 0 amide bonds. The van der Waals surface area contributed by atoms with Crippen molar-refractivity contribution in [2.45, 2.75) is 6.04 Å². The van der Waals surface area contributed by atoms with Crippen molar-refractivity contribution in [3.8, 4) is 5.75 Å². The van der Waals surface area contributed by atoms with Crippen LogP contribution in [0.5, 0.6) is 5.75 Å². The summed E-state index contributed by atoms with van der Waals surface area (Å²) in [6.45, 7) is 0. The van der Waals surface area contributed by atoms with Gasteiger partial charge in [-0.05, 0) is 12.1 Å². The van der Waals surface area contributed by atoms with E-state index in [2.05, 4.69) is 9.98 Å². The number of aliphatic carboxylic acids is 1. The zero-order valence-corrected chi connectivity index (χ0v) is 10.6. The number of thioether (sulfide) groups is 1. The first kappa shape index (κ1) is 12.0. The van der Waals surface area contributed by atoms with Gasteiger partial charge in [0.05, 0.1) is 5.52 Å². The second kappa shape index (κ2) is 4.55. The first-order valence-corrected chi connectivity index (χ1v) is 6.66. The number of hydrogen-bond donors (Lipinski definition) is 2. The van der Waals surface area contributed by atoms with Gasteiger partial charge in [0.15, 0.2) is 6.04 Å². The van der Waals surface area contributed by atoms with Gasteiger partial charge in [-0.25, -0.2) is 9.78 Å². The first-order chi connectivity index (χ1) is 9.15. The Balaban J connectivity index is 2.08. The van der Waals surface area contributed by atoms with Crippen LogP contribution in [-0.4, -0.2) is 38.0 Å². The predicted molar refractivity (Wildman–Crippen MR) is 73.8 cm³/mol. The molecule has 1 aliphatic heterocycles. The average Bonchev–Trinajstić information content (AvgIpc) is 2.87. The molecule has 0 aliphatic carbocycles. The Morgan fingerprint density at radius 1 is 1.37 bits per heavy atom. The highest BCUT2D eigenvalue weighted by Crippen LogP contribution is 2.29. The Bertz CT molecular complexity index is 699. The fourth-order valence-corrected chi connectivity index (χ4v) is 2.91. The van der Waals surface area contributed by atoms with E-state index in [-0.39, 0.29) is 5.75 Å². The molecule has 1 aromatic carbocycles. The van der Waals surface area contributed by atoms with E-state index in [0.717, 1.165) is 10.9 Å². The van der Waals surface area contributed by atoms with Gasteiger partial charge in [0.2, 0.25) is 0 Å². The summed E-state index contributed by atoms with van der Waals surface area (Å²) in [6.07, 6.45) is 0. The number of para-hydroxylation sites is 1. The molecule has 0 bridgehead atoms. The monoisotopic (exact) mass is 274 g/mol. The van der Waals surface area contributed by atoms with Crippen molar-refractivity contribution in [2.24, 2.45) is 4.99 Å². The highest BCUT2D eigenvalue weighted by Gasteiger charge is 2.27. The van der Waals surface area contributed by atoms with E-state index in [1.54, 1.807) is 6.07 Å². The smallest absolute Gasteiger partial charge is 0.329 e. The molecule has 0 radical (unpaired) electrons. The lowest BCUT2D eigenvalue weighted by molar-refractivity contribution is -0.137. The number of aromatic nitrogens is 1. The van der Waals surface area contributed by atoms with Gasteiger partial charge < -0.3 is 10.2 Å². The normalized spacial score (nSPS) is 18.5. The van der Waals surface area contributed by atoms with Crippen molar-refractivity contribution in [1.82, 2.24) is 4.98 Å². The summed E-state index contributed by atoms with van der Waals surface area (Å²) in [4.78, 5) is 19.3. The maximum atomic E-state index is 10.9. The van der Waals surface area contributed by atoms with Crippen molar-refractivity contribution >= 4 is 33.7 Å². The standard InChI is InChI=1S/C13H10N2O3S/c16-10-5-7-3-1-2-4-8(7)14-11(10)12-15-9(6-19-12)13(17)18/h1-5,9,16H,6H2,(H,17,18). The van der Waals surface area contributed by atoms with E-state index < -0.39 is 12.0 Å². The van der Waals surface area contributed by atoms with Crippen molar-refractivity contribution in [3.05, 3.63) is 36.0 Å². The van der Waals surface area contributed by atoms with Crippen LogP contribution in [0.2, 0.25) is 0 Å². The molecule has 0 spiro atoms. The molecule has 2 N–H and O–H groups in total. The number of carboxylic acid groups (broad SMARTS) is 1. The van der Waals surface area contributed by atoms with Gasteiger partial charge in [-0.2, -0.15) is 0 Å². The third-order valence-electron chi connectivity index (χ3n) is 2.84. The molecule has 1 unspecified atom stereocenters. The minimum Gasteiger partial charge on any atom is -0.506 e. The predicted octanol–water partition coefficient (Wildman–Crippen LogP) is 1.89. The Morgan fingerprint density at radius 2 is 2.16 bits per heavy atom. The number of aliphatic imine (C=N–C) groups is 1. The van der Waals surface area contributed by atoms with Gasteiger partial charge in [0, 0.05) is 11.1 Å². The van der Waals surface area contributed by atoms with Crippen LogP contribution in [0.25, 0.3) is 10.9 Å². The fourth-order valence-electron chi connectivity index (χ4n) is 1.89. The largest absolute Gasteiger partial charge is 0.506 e. The zero-order valence-electron chi connectivity index (χ0n) is 9.78. The number of benzene rings is 1. The van der Waals surface area contributed by atoms with Crippen molar-refractivity contribution in [3.63, 3.8) is 0 Å². The molecule has 96 valence electrons. The minimum atomic E-state index is -0.956. The highest BCUT2D eigenvalue weighted by molar-refractivity contribution is 8.14. The van der Waals surface area contributed by atoms with Crippen molar-refractivity contribution in [1.29, 1.82) is 0 Å². The van der Waals surface area contributed by atoms with E-state index in [0.29, 0.717) is 16.5 Å². The van der Waals surface area contributed by atoms with Gasteiger partial charge in [-0.1, -0.05) is 18.2 Å². The van der Waals surface area contributed by atoms with E-state index in [4.69, 9.17) is 5.11 Å². The van der Waals surface area contributed by atoms with Crippen LogP contribution in [0.3, 0.4) is 0 Å². The van der Waals surface area contributed by atoms with Crippen LogP contribution in [0.4, 0.5) is 0 Å². The molecule has 1 aliphatic rings. The maximum Gasteiger partial charge on any atom is 0.329 e. The number of rotatable bonds is 2. The average molecular weight is 274 g/mol. The van der Waals surface area contributed by atoms with E-state index in [1.807, 2.05) is 24.3 Å². The van der Waals surface area contributed by atoms with E-state index >= 15 is 0 Å². The number of nitrogens with zero attached hydrogens (tertiary/aromatic N) is 2. The lowest BCUT2D eigenvalue weighted by Crippen LogP contribution is -2.17. The summed E-state index contributed by atoms with van der Waals surface area (Å²) < 4.78 is 0. The summed E-state index contributed by atoms with van der Waals surface area (Å²) in [5, 5.41) is 20.2. The number of pyridine rings is 1. The molecule has 19 heavy (non-hydrogen) atoms. The number of aromatic hydroxyl groups is 1.